The van der Waals surface area contributed by atoms with Gasteiger partial charge in [-0.1, -0.05) is 11.6 Å². The first-order chi connectivity index (χ1) is 7.19. The van der Waals surface area contributed by atoms with E-state index in [0.717, 1.165) is 5.69 Å². The van der Waals surface area contributed by atoms with Crippen molar-refractivity contribution < 1.29 is 4.39 Å². The molecule has 1 heterocycles. The van der Waals surface area contributed by atoms with Crippen LogP contribution < -0.4 is 0 Å². The van der Waals surface area contributed by atoms with Gasteiger partial charge < -0.3 is 0 Å². The summed E-state index contributed by atoms with van der Waals surface area (Å²) < 4.78 is 14.6. The van der Waals surface area contributed by atoms with E-state index in [2.05, 4.69) is 5.10 Å². The highest BCUT2D eigenvalue weighted by atomic mass is 35.5. The Balaban J connectivity index is 2.44. The van der Waals surface area contributed by atoms with Gasteiger partial charge in [-0.15, -0.1) is 11.6 Å². The molecule has 0 amide bonds. The van der Waals surface area contributed by atoms with Crippen LogP contribution in [0.4, 0.5) is 4.39 Å². The quantitative estimate of drug-likeness (QED) is 0.741. The molecule has 15 heavy (non-hydrogen) atoms. The molecule has 2 nitrogen and oxygen atoms in total. The zero-order valence-electron chi connectivity index (χ0n) is 7.62. The van der Waals surface area contributed by atoms with Gasteiger partial charge in [-0.3, -0.25) is 0 Å². The summed E-state index contributed by atoms with van der Waals surface area (Å²) in [6.45, 7) is 0. The van der Waals surface area contributed by atoms with Crippen LogP contribution in [-0.2, 0) is 5.88 Å². The number of hydrogen-bond donors (Lipinski definition) is 0. The molecule has 0 unspecified atom stereocenters. The van der Waals surface area contributed by atoms with Crippen molar-refractivity contribution in [2.75, 3.05) is 0 Å². The van der Waals surface area contributed by atoms with E-state index in [9.17, 15) is 4.39 Å². The summed E-state index contributed by atoms with van der Waals surface area (Å²) in [5.74, 6) is -0.0591. The fraction of sp³-hybridized carbons (Fsp3) is 0.100. The van der Waals surface area contributed by atoms with Crippen LogP contribution >= 0.6 is 23.2 Å². The van der Waals surface area contributed by atoms with Crippen LogP contribution in [0, 0.1) is 5.82 Å². The highest BCUT2D eigenvalue weighted by Gasteiger charge is 2.03. The molecule has 0 atom stereocenters. The van der Waals surface area contributed by atoms with Crippen molar-refractivity contribution in [3.05, 3.63) is 47.0 Å². The summed E-state index contributed by atoms with van der Waals surface area (Å²) >= 11 is 11.3. The molecule has 0 fully saturated rings. The Morgan fingerprint density at radius 2 is 2.13 bits per heavy atom. The van der Waals surface area contributed by atoms with Gasteiger partial charge in [0.15, 0.2) is 0 Å². The molecule has 78 valence electrons. The van der Waals surface area contributed by atoms with E-state index in [0.29, 0.717) is 16.6 Å². The zero-order valence-corrected chi connectivity index (χ0v) is 9.13. The standard InChI is InChI=1S/C10H7Cl2FN2/c11-6-9-1-2-15(14-9)10-4-7(12)3-8(13)5-10/h1-5H,6H2. The first-order valence-electron chi connectivity index (χ1n) is 4.26. The Hall–Kier alpha value is -1.06. The fourth-order valence-corrected chi connectivity index (χ4v) is 1.61. The molecular weight excluding hydrogens is 238 g/mol. The van der Waals surface area contributed by atoms with Crippen LogP contribution in [0.15, 0.2) is 30.5 Å². The maximum absolute atomic E-state index is 13.1. The average molecular weight is 245 g/mol. The Kier molecular flexibility index (Phi) is 2.93. The van der Waals surface area contributed by atoms with E-state index < -0.39 is 0 Å². The zero-order chi connectivity index (χ0) is 10.8. The maximum Gasteiger partial charge on any atom is 0.126 e. The Morgan fingerprint density at radius 3 is 2.73 bits per heavy atom. The molecule has 5 heteroatoms. The molecule has 0 aliphatic heterocycles. The number of hydrogen-bond acceptors (Lipinski definition) is 1. The number of benzene rings is 1. The summed E-state index contributed by atoms with van der Waals surface area (Å²) in [5.41, 5.74) is 1.31. The molecule has 0 N–H and O–H groups in total. The summed E-state index contributed by atoms with van der Waals surface area (Å²) in [7, 11) is 0. The Bertz CT molecular complexity index is 462. The lowest BCUT2D eigenvalue weighted by molar-refractivity contribution is 0.625. The lowest BCUT2D eigenvalue weighted by atomic mass is 10.3. The Morgan fingerprint density at radius 1 is 1.33 bits per heavy atom. The van der Waals surface area contributed by atoms with Gasteiger partial charge >= 0.3 is 0 Å². The van der Waals surface area contributed by atoms with Crippen molar-refractivity contribution in [1.82, 2.24) is 9.78 Å². The monoisotopic (exact) mass is 244 g/mol. The minimum atomic E-state index is -0.388. The Labute approximate surface area is 96.2 Å². The third-order valence-corrected chi connectivity index (χ3v) is 2.39. The van der Waals surface area contributed by atoms with Crippen LogP contribution in [0.2, 0.25) is 5.02 Å². The lowest BCUT2D eigenvalue weighted by Gasteiger charge is -2.02. The number of rotatable bonds is 2. The molecule has 0 saturated heterocycles. The van der Waals surface area contributed by atoms with E-state index in [1.165, 1.54) is 16.8 Å². The van der Waals surface area contributed by atoms with E-state index in [1.54, 1.807) is 18.3 Å². The molecule has 2 aromatic rings. The smallest absolute Gasteiger partial charge is 0.126 e. The van der Waals surface area contributed by atoms with Crippen molar-refractivity contribution >= 4 is 23.2 Å². The van der Waals surface area contributed by atoms with Crippen LogP contribution in [0.25, 0.3) is 5.69 Å². The molecule has 0 radical (unpaired) electrons. The highest BCUT2D eigenvalue weighted by molar-refractivity contribution is 6.30. The molecule has 1 aromatic heterocycles. The number of alkyl halides is 1. The summed E-state index contributed by atoms with van der Waals surface area (Å²) in [5, 5.41) is 4.48. The first kappa shape index (κ1) is 10.5. The maximum atomic E-state index is 13.1. The molecule has 0 spiro atoms. The van der Waals surface area contributed by atoms with Gasteiger partial charge in [0.05, 0.1) is 17.3 Å². The van der Waals surface area contributed by atoms with Crippen LogP contribution in [0.1, 0.15) is 5.69 Å². The number of nitrogens with zero attached hydrogens (tertiary/aromatic N) is 2. The van der Waals surface area contributed by atoms with E-state index in [4.69, 9.17) is 23.2 Å². The van der Waals surface area contributed by atoms with Gasteiger partial charge in [0.25, 0.3) is 0 Å². The average Bonchev–Trinajstić information content (AvgIpc) is 2.64. The largest absolute Gasteiger partial charge is 0.241 e. The summed E-state index contributed by atoms with van der Waals surface area (Å²) in [6.07, 6.45) is 1.71. The second-order valence-corrected chi connectivity index (χ2v) is 3.72. The fourth-order valence-electron chi connectivity index (χ4n) is 1.25. The van der Waals surface area contributed by atoms with Gasteiger partial charge in [0, 0.05) is 11.2 Å². The predicted octanol–water partition coefficient (Wildman–Crippen LogP) is 3.40. The number of aromatic nitrogens is 2. The topological polar surface area (TPSA) is 17.8 Å². The summed E-state index contributed by atoms with van der Waals surface area (Å²) in [4.78, 5) is 0. The van der Waals surface area contributed by atoms with Gasteiger partial charge in [-0.2, -0.15) is 5.10 Å². The van der Waals surface area contributed by atoms with Crippen LogP contribution in [0.3, 0.4) is 0 Å². The van der Waals surface area contributed by atoms with Crippen LogP contribution in [-0.4, -0.2) is 9.78 Å². The van der Waals surface area contributed by atoms with Crippen molar-refractivity contribution in [2.45, 2.75) is 5.88 Å². The SMILES string of the molecule is Fc1cc(Cl)cc(-n2ccc(CCl)n2)c1. The normalized spacial score (nSPS) is 10.6. The second kappa shape index (κ2) is 4.21. The molecule has 1 aromatic carbocycles. The molecule has 0 aliphatic carbocycles. The number of halogens is 3. The highest BCUT2D eigenvalue weighted by Crippen LogP contribution is 2.17. The molecule has 2 rings (SSSR count). The first-order valence-corrected chi connectivity index (χ1v) is 5.17. The minimum absolute atomic E-state index is 0.329. The van der Waals surface area contributed by atoms with Gasteiger partial charge in [-0.25, -0.2) is 9.07 Å². The van der Waals surface area contributed by atoms with Gasteiger partial charge in [0.2, 0.25) is 0 Å². The van der Waals surface area contributed by atoms with Crippen molar-refractivity contribution in [3.63, 3.8) is 0 Å². The minimum Gasteiger partial charge on any atom is -0.241 e. The third kappa shape index (κ3) is 2.30. The van der Waals surface area contributed by atoms with E-state index in [-0.39, 0.29) is 5.82 Å². The van der Waals surface area contributed by atoms with Crippen molar-refractivity contribution in [3.8, 4) is 5.69 Å². The lowest BCUT2D eigenvalue weighted by Crippen LogP contribution is -1.96. The van der Waals surface area contributed by atoms with Crippen molar-refractivity contribution in [1.29, 1.82) is 0 Å². The summed E-state index contributed by atoms with van der Waals surface area (Å²) in [6, 6.07) is 6.01. The van der Waals surface area contributed by atoms with Gasteiger partial charge in [-0.05, 0) is 24.3 Å². The molecule has 0 aliphatic rings. The predicted molar refractivity (Wildman–Crippen MR) is 58.1 cm³/mol. The van der Waals surface area contributed by atoms with Gasteiger partial charge in [0.1, 0.15) is 5.82 Å². The van der Waals surface area contributed by atoms with E-state index in [1.807, 2.05) is 0 Å². The van der Waals surface area contributed by atoms with Crippen LogP contribution in [0.5, 0.6) is 0 Å². The molecule has 0 bridgehead atoms. The molecule has 0 saturated carbocycles. The second-order valence-electron chi connectivity index (χ2n) is 3.01. The van der Waals surface area contributed by atoms with E-state index >= 15 is 0 Å². The third-order valence-electron chi connectivity index (χ3n) is 1.89. The molecular formula is C10H7Cl2FN2. The van der Waals surface area contributed by atoms with Crippen molar-refractivity contribution in [2.24, 2.45) is 0 Å².